The molecule has 2 heterocycles. The monoisotopic (exact) mass is 337 g/mol. The van der Waals surface area contributed by atoms with Gasteiger partial charge in [0.25, 0.3) is 0 Å². The largest absolute Gasteiger partial charge is 0.462 e. The maximum atomic E-state index is 12.0. The SMILES string of the molecule is CCOC(=O)c1cccc(-n2c(C)cc(/C=N\n3cnnc3)c2C)c1. The smallest absolute Gasteiger partial charge is 0.338 e. The molecule has 128 valence electrons. The van der Waals surface area contributed by atoms with Gasteiger partial charge < -0.3 is 9.30 Å². The van der Waals surface area contributed by atoms with E-state index in [2.05, 4.69) is 19.9 Å². The van der Waals surface area contributed by atoms with Crippen molar-refractivity contribution >= 4 is 12.2 Å². The van der Waals surface area contributed by atoms with Crippen molar-refractivity contribution in [1.82, 2.24) is 19.4 Å². The van der Waals surface area contributed by atoms with Gasteiger partial charge in [0.2, 0.25) is 0 Å². The molecular weight excluding hydrogens is 318 g/mol. The van der Waals surface area contributed by atoms with Gasteiger partial charge in [0.15, 0.2) is 0 Å². The van der Waals surface area contributed by atoms with E-state index in [-0.39, 0.29) is 5.97 Å². The summed E-state index contributed by atoms with van der Waals surface area (Å²) in [4.78, 5) is 12.0. The summed E-state index contributed by atoms with van der Waals surface area (Å²) < 4.78 is 8.70. The molecule has 0 aliphatic rings. The molecule has 1 aromatic carbocycles. The zero-order chi connectivity index (χ0) is 17.8. The van der Waals surface area contributed by atoms with Crippen LogP contribution in [0.4, 0.5) is 0 Å². The van der Waals surface area contributed by atoms with Crippen molar-refractivity contribution in [3.05, 3.63) is 65.5 Å². The summed E-state index contributed by atoms with van der Waals surface area (Å²) in [5.41, 5.74) is 4.49. The second-order valence-electron chi connectivity index (χ2n) is 5.52. The van der Waals surface area contributed by atoms with Crippen LogP contribution in [0.2, 0.25) is 0 Å². The van der Waals surface area contributed by atoms with E-state index in [0.717, 1.165) is 22.6 Å². The maximum Gasteiger partial charge on any atom is 0.338 e. The van der Waals surface area contributed by atoms with E-state index < -0.39 is 0 Å². The molecule has 0 N–H and O–H groups in total. The van der Waals surface area contributed by atoms with Crippen molar-refractivity contribution in [3.8, 4) is 5.69 Å². The Bertz CT molecular complexity index is 910. The van der Waals surface area contributed by atoms with Crippen LogP contribution in [0.1, 0.15) is 34.2 Å². The molecule has 0 amide bonds. The minimum absolute atomic E-state index is 0.318. The Morgan fingerprint density at radius 3 is 2.72 bits per heavy atom. The Hall–Kier alpha value is -3.22. The zero-order valence-corrected chi connectivity index (χ0v) is 14.4. The van der Waals surface area contributed by atoms with E-state index in [1.807, 2.05) is 38.1 Å². The van der Waals surface area contributed by atoms with Gasteiger partial charge in [-0.25, -0.2) is 9.47 Å². The molecule has 0 bridgehead atoms. The number of hydrogen-bond donors (Lipinski definition) is 0. The van der Waals surface area contributed by atoms with E-state index in [1.54, 1.807) is 19.2 Å². The molecule has 0 radical (unpaired) electrons. The lowest BCUT2D eigenvalue weighted by Gasteiger charge is -2.11. The first-order valence-corrected chi connectivity index (χ1v) is 7.95. The van der Waals surface area contributed by atoms with Crippen LogP contribution < -0.4 is 0 Å². The number of esters is 1. The predicted octanol–water partition coefficient (Wildman–Crippen LogP) is 2.74. The van der Waals surface area contributed by atoms with Gasteiger partial charge in [0.1, 0.15) is 12.7 Å². The quantitative estimate of drug-likeness (QED) is 0.530. The van der Waals surface area contributed by atoms with Gasteiger partial charge in [-0.3, -0.25) is 0 Å². The maximum absolute atomic E-state index is 12.0. The molecular formula is C18H19N5O2. The van der Waals surface area contributed by atoms with Gasteiger partial charge in [-0.1, -0.05) is 6.07 Å². The first-order chi connectivity index (χ1) is 12.1. The van der Waals surface area contributed by atoms with Gasteiger partial charge >= 0.3 is 5.97 Å². The molecule has 0 fully saturated rings. The van der Waals surface area contributed by atoms with Crippen LogP contribution in [0, 0.1) is 13.8 Å². The topological polar surface area (TPSA) is 74.3 Å². The molecule has 3 rings (SSSR count). The lowest BCUT2D eigenvalue weighted by Crippen LogP contribution is -2.06. The summed E-state index contributed by atoms with van der Waals surface area (Å²) in [6, 6.07) is 9.44. The Morgan fingerprint density at radius 2 is 2.00 bits per heavy atom. The van der Waals surface area contributed by atoms with Crippen molar-refractivity contribution in [3.63, 3.8) is 0 Å². The predicted molar refractivity (Wildman–Crippen MR) is 94.2 cm³/mol. The van der Waals surface area contributed by atoms with Crippen molar-refractivity contribution in [2.24, 2.45) is 5.10 Å². The third kappa shape index (κ3) is 3.50. The Kier molecular flexibility index (Phi) is 4.74. The summed E-state index contributed by atoms with van der Waals surface area (Å²) in [6.07, 6.45) is 4.81. The van der Waals surface area contributed by atoms with Crippen LogP contribution >= 0.6 is 0 Å². The van der Waals surface area contributed by atoms with Gasteiger partial charge in [-0.15, -0.1) is 10.2 Å². The molecule has 0 atom stereocenters. The number of aromatic nitrogens is 4. The van der Waals surface area contributed by atoms with E-state index >= 15 is 0 Å². The van der Waals surface area contributed by atoms with Crippen molar-refractivity contribution in [2.75, 3.05) is 6.61 Å². The standard InChI is InChI=1S/C18H19N5O2/c1-4-25-18(24)15-6-5-7-17(9-15)23-13(2)8-16(14(23)3)10-21-22-11-19-20-12-22/h5-12H,4H2,1-3H3/b21-10-. The molecule has 0 unspecified atom stereocenters. The lowest BCUT2D eigenvalue weighted by atomic mass is 10.2. The molecule has 0 saturated heterocycles. The highest BCUT2D eigenvalue weighted by Crippen LogP contribution is 2.21. The minimum Gasteiger partial charge on any atom is -0.462 e. The molecule has 3 aromatic rings. The Balaban J connectivity index is 1.95. The third-order valence-corrected chi connectivity index (χ3v) is 3.82. The second kappa shape index (κ2) is 7.12. The number of carbonyl (C=O) groups excluding carboxylic acids is 1. The third-order valence-electron chi connectivity index (χ3n) is 3.82. The van der Waals surface area contributed by atoms with Crippen LogP contribution in [0.25, 0.3) is 5.69 Å². The number of hydrogen-bond acceptors (Lipinski definition) is 5. The Labute approximate surface area is 145 Å². The number of aryl methyl sites for hydroxylation is 1. The highest BCUT2D eigenvalue weighted by atomic mass is 16.5. The number of carbonyl (C=O) groups is 1. The van der Waals surface area contributed by atoms with Crippen molar-refractivity contribution < 1.29 is 9.53 Å². The highest BCUT2D eigenvalue weighted by Gasteiger charge is 2.12. The van der Waals surface area contributed by atoms with Gasteiger partial charge in [0.05, 0.1) is 18.4 Å². The summed E-state index contributed by atoms with van der Waals surface area (Å²) in [7, 11) is 0. The molecule has 0 aliphatic heterocycles. The van der Waals surface area contributed by atoms with Crippen LogP contribution in [-0.4, -0.2) is 38.2 Å². The molecule has 7 heteroatoms. The van der Waals surface area contributed by atoms with Gasteiger partial charge in [0, 0.05) is 22.6 Å². The summed E-state index contributed by atoms with van der Waals surface area (Å²) >= 11 is 0. The summed E-state index contributed by atoms with van der Waals surface area (Å²) in [6.45, 7) is 6.18. The molecule has 2 aromatic heterocycles. The molecule has 0 saturated carbocycles. The van der Waals surface area contributed by atoms with E-state index in [4.69, 9.17) is 4.74 Å². The average molecular weight is 337 g/mol. The van der Waals surface area contributed by atoms with Crippen LogP contribution in [0.5, 0.6) is 0 Å². The van der Waals surface area contributed by atoms with E-state index in [1.165, 1.54) is 17.3 Å². The van der Waals surface area contributed by atoms with Crippen LogP contribution in [0.15, 0.2) is 48.1 Å². The lowest BCUT2D eigenvalue weighted by molar-refractivity contribution is 0.0526. The number of ether oxygens (including phenoxy) is 1. The normalized spacial score (nSPS) is 11.2. The molecule has 25 heavy (non-hydrogen) atoms. The first-order valence-electron chi connectivity index (χ1n) is 7.95. The highest BCUT2D eigenvalue weighted by molar-refractivity contribution is 5.90. The minimum atomic E-state index is -0.318. The van der Waals surface area contributed by atoms with Gasteiger partial charge in [-0.2, -0.15) is 5.10 Å². The van der Waals surface area contributed by atoms with Crippen LogP contribution in [0.3, 0.4) is 0 Å². The Morgan fingerprint density at radius 1 is 1.24 bits per heavy atom. The fourth-order valence-electron chi connectivity index (χ4n) is 2.69. The number of nitrogens with zero attached hydrogens (tertiary/aromatic N) is 5. The zero-order valence-electron chi connectivity index (χ0n) is 14.4. The average Bonchev–Trinajstić information content (AvgIpc) is 3.21. The number of benzene rings is 1. The van der Waals surface area contributed by atoms with E-state index in [0.29, 0.717) is 12.2 Å². The number of rotatable bonds is 5. The van der Waals surface area contributed by atoms with Crippen LogP contribution in [-0.2, 0) is 4.74 Å². The summed E-state index contributed by atoms with van der Waals surface area (Å²) in [5.74, 6) is -0.318. The molecule has 0 spiro atoms. The molecule has 7 nitrogen and oxygen atoms in total. The van der Waals surface area contributed by atoms with Gasteiger partial charge in [-0.05, 0) is 45.0 Å². The fraction of sp³-hybridized carbons (Fsp3) is 0.222. The fourth-order valence-corrected chi connectivity index (χ4v) is 2.69. The molecule has 0 aliphatic carbocycles. The first kappa shape index (κ1) is 16.6. The van der Waals surface area contributed by atoms with Crippen molar-refractivity contribution in [1.29, 1.82) is 0 Å². The van der Waals surface area contributed by atoms with E-state index in [9.17, 15) is 4.79 Å². The second-order valence-corrected chi connectivity index (χ2v) is 5.52. The van der Waals surface area contributed by atoms with Crippen molar-refractivity contribution in [2.45, 2.75) is 20.8 Å². The summed E-state index contributed by atoms with van der Waals surface area (Å²) in [5, 5.41) is 11.7.